The minimum Gasteiger partial charge on any atom is -0.361 e. The van der Waals surface area contributed by atoms with Crippen molar-refractivity contribution in [3.8, 4) is 0 Å². The van der Waals surface area contributed by atoms with Gasteiger partial charge in [0.1, 0.15) is 0 Å². The number of para-hydroxylation sites is 1. The summed E-state index contributed by atoms with van der Waals surface area (Å²) in [6.45, 7) is 7.64. The number of hydrogen-bond donors (Lipinski definition) is 2. The van der Waals surface area contributed by atoms with Crippen LogP contribution in [0.2, 0.25) is 0 Å². The standard InChI is InChI=1S/C27H27N5O4/c1-3-30(4-2)13-8-14-31-16-19(23-21(31)11-7-12-22(23)32(35)36)25-24(26(33)29-27(25)34)18-15-28-20-10-6-5-9-17(18)20/h5-7,9-12,15-16,28H,3-4,8,13-14H2,1-2H3,(H,29,33,34). The van der Waals surface area contributed by atoms with Crippen molar-refractivity contribution in [2.75, 3.05) is 19.6 Å². The van der Waals surface area contributed by atoms with E-state index < -0.39 is 16.7 Å². The molecule has 2 amide bonds. The lowest BCUT2D eigenvalue weighted by molar-refractivity contribution is -0.383. The molecule has 2 N–H and O–H groups in total. The molecule has 5 rings (SSSR count). The van der Waals surface area contributed by atoms with Crippen molar-refractivity contribution >= 4 is 50.5 Å². The van der Waals surface area contributed by atoms with E-state index in [1.54, 1.807) is 18.5 Å². The highest BCUT2D eigenvalue weighted by atomic mass is 16.6. The first kappa shape index (κ1) is 23.5. The van der Waals surface area contributed by atoms with Crippen LogP contribution in [-0.2, 0) is 16.1 Å². The van der Waals surface area contributed by atoms with Crippen LogP contribution < -0.4 is 5.32 Å². The second-order valence-electron chi connectivity index (χ2n) is 8.83. The molecule has 36 heavy (non-hydrogen) atoms. The van der Waals surface area contributed by atoms with E-state index in [9.17, 15) is 19.7 Å². The van der Waals surface area contributed by atoms with Crippen molar-refractivity contribution in [1.29, 1.82) is 0 Å². The number of imide groups is 1. The number of H-pyrrole nitrogens is 1. The maximum atomic E-state index is 13.2. The second kappa shape index (κ2) is 9.43. The van der Waals surface area contributed by atoms with Gasteiger partial charge in [0.15, 0.2) is 0 Å². The summed E-state index contributed by atoms with van der Waals surface area (Å²) >= 11 is 0. The van der Waals surface area contributed by atoms with Crippen molar-refractivity contribution in [1.82, 2.24) is 19.8 Å². The normalized spacial score (nSPS) is 14.0. The second-order valence-corrected chi connectivity index (χ2v) is 8.83. The van der Waals surface area contributed by atoms with Gasteiger partial charge in [-0.1, -0.05) is 38.1 Å². The lowest BCUT2D eigenvalue weighted by Gasteiger charge is -2.17. The molecule has 0 bridgehead atoms. The molecule has 1 aliphatic heterocycles. The van der Waals surface area contributed by atoms with Crippen LogP contribution in [0.4, 0.5) is 5.69 Å². The van der Waals surface area contributed by atoms with Gasteiger partial charge in [-0.25, -0.2) is 0 Å². The van der Waals surface area contributed by atoms with E-state index >= 15 is 0 Å². The van der Waals surface area contributed by atoms with Gasteiger partial charge < -0.3 is 14.5 Å². The minimum atomic E-state index is -0.555. The summed E-state index contributed by atoms with van der Waals surface area (Å²) in [6.07, 6.45) is 4.32. The van der Waals surface area contributed by atoms with E-state index in [1.807, 2.05) is 34.9 Å². The molecule has 2 aromatic carbocycles. The summed E-state index contributed by atoms with van der Waals surface area (Å²) in [5.74, 6) is -1.07. The zero-order chi connectivity index (χ0) is 25.4. The molecule has 0 aliphatic carbocycles. The van der Waals surface area contributed by atoms with Crippen LogP contribution in [0.15, 0.2) is 54.9 Å². The van der Waals surface area contributed by atoms with Gasteiger partial charge >= 0.3 is 0 Å². The van der Waals surface area contributed by atoms with Crippen LogP contribution in [0.25, 0.3) is 33.0 Å². The van der Waals surface area contributed by atoms with Crippen molar-refractivity contribution in [2.45, 2.75) is 26.8 Å². The zero-order valence-electron chi connectivity index (χ0n) is 20.2. The fourth-order valence-corrected chi connectivity index (χ4v) is 5.11. The number of nitrogens with one attached hydrogen (secondary N) is 2. The number of amides is 2. The number of carbonyl (C=O) groups is 2. The predicted octanol–water partition coefficient (Wildman–Crippen LogP) is 4.33. The largest absolute Gasteiger partial charge is 0.361 e. The summed E-state index contributed by atoms with van der Waals surface area (Å²) in [4.78, 5) is 43.2. The van der Waals surface area contributed by atoms with Gasteiger partial charge in [0.2, 0.25) is 0 Å². The van der Waals surface area contributed by atoms with Gasteiger partial charge in [-0.3, -0.25) is 25.0 Å². The molecule has 9 heteroatoms. The average Bonchev–Trinajstić information content (AvgIpc) is 3.54. The van der Waals surface area contributed by atoms with Crippen LogP contribution in [0.3, 0.4) is 0 Å². The van der Waals surface area contributed by atoms with Crippen LogP contribution in [0.1, 0.15) is 31.4 Å². The Balaban J connectivity index is 1.71. The van der Waals surface area contributed by atoms with E-state index in [0.717, 1.165) is 37.0 Å². The maximum Gasteiger partial charge on any atom is 0.279 e. The van der Waals surface area contributed by atoms with Gasteiger partial charge in [0.05, 0.1) is 27.0 Å². The van der Waals surface area contributed by atoms with Crippen molar-refractivity contribution in [3.63, 3.8) is 0 Å². The fourth-order valence-electron chi connectivity index (χ4n) is 5.11. The molecule has 184 valence electrons. The monoisotopic (exact) mass is 485 g/mol. The lowest BCUT2D eigenvalue weighted by Crippen LogP contribution is -2.24. The summed E-state index contributed by atoms with van der Waals surface area (Å²) in [5.41, 5.74) is 2.76. The number of rotatable bonds is 9. The van der Waals surface area contributed by atoms with E-state index in [-0.39, 0.29) is 16.8 Å². The molecule has 3 heterocycles. The molecule has 0 saturated heterocycles. The number of aromatic amines is 1. The van der Waals surface area contributed by atoms with Crippen LogP contribution in [0, 0.1) is 10.1 Å². The summed E-state index contributed by atoms with van der Waals surface area (Å²) in [6, 6.07) is 12.4. The quantitative estimate of drug-likeness (QED) is 0.208. The van der Waals surface area contributed by atoms with Crippen molar-refractivity contribution in [3.05, 3.63) is 76.1 Å². The number of non-ortho nitro benzene ring substituents is 1. The number of nitro benzene ring substituents is 1. The first-order valence-electron chi connectivity index (χ1n) is 12.1. The molecule has 0 fully saturated rings. The molecule has 2 aromatic heterocycles. The van der Waals surface area contributed by atoms with E-state index in [2.05, 4.69) is 29.0 Å². The van der Waals surface area contributed by atoms with E-state index in [4.69, 9.17) is 0 Å². The summed E-state index contributed by atoms with van der Waals surface area (Å²) in [5, 5.41) is 15.6. The van der Waals surface area contributed by atoms with Crippen LogP contribution >= 0.6 is 0 Å². The Morgan fingerprint density at radius 2 is 1.69 bits per heavy atom. The molecule has 1 aliphatic rings. The first-order chi connectivity index (χ1) is 17.4. The third kappa shape index (κ3) is 3.87. The molecule has 4 aromatic rings. The number of carbonyl (C=O) groups excluding carboxylic acids is 2. The molecule has 0 unspecified atom stereocenters. The molecule has 0 saturated carbocycles. The Morgan fingerprint density at radius 1 is 0.972 bits per heavy atom. The SMILES string of the molecule is CCN(CC)CCCn1cc(C2=C(c3c[nH]c4ccccc34)C(=O)NC2=O)c2c([N+](=O)[O-])cccc21. The number of nitro groups is 1. The predicted molar refractivity (Wildman–Crippen MR) is 139 cm³/mol. The van der Waals surface area contributed by atoms with Gasteiger partial charge in [-0.2, -0.15) is 0 Å². The van der Waals surface area contributed by atoms with Crippen LogP contribution in [0.5, 0.6) is 0 Å². The Morgan fingerprint density at radius 3 is 2.42 bits per heavy atom. The highest BCUT2D eigenvalue weighted by Crippen LogP contribution is 2.41. The lowest BCUT2D eigenvalue weighted by atomic mass is 9.95. The number of aromatic nitrogens is 2. The Hall–Kier alpha value is -4.24. The van der Waals surface area contributed by atoms with E-state index in [0.29, 0.717) is 28.6 Å². The number of aryl methyl sites for hydroxylation is 1. The molecular formula is C27H27N5O4. The Labute approximate surface area is 207 Å². The smallest absolute Gasteiger partial charge is 0.279 e. The summed E-state index contributed by atoms with van der Waals surface area (Å²) in [7, 11) is 0. The molecular weight excluding hydrogens is 458 g/mol. The number of nitrogens with zero attached hydrogens (tertiary/aromatic N) is 3. The van der Waals surface area contributed by atoms with Gasteiger partial charge in [0.25, 0.3) is 17.5 Å². The van der Waals surface area contributed by atoms with Gasteiger partial charge in [-0.05, 0) is 38.2 Å². The molecule has 0 spiro atoms. The maximum absolute atomic E-state index is 13.2. The van der Waals surface area contributed by atoms with Gasteiger partial charge in [-0.15, -0.1) is 0 Å². The molecule has 0 atom stereocenters. The number of hydrogen-bond acceptors (Lipinski definition) is 5. The molecule has 9 nitrogen and oxygen atoms in total. The topological polar surface area (TPSA) is 113 Å². The summed E-state index contributed by atoms with van der Waals surface area (Å²) < 4.78 is 1.96. The average molecular weight is 486 g/mol. The highest BCUT2D eigenvalue weighted by molar-refractivity contribution is 6.51. The number of fused-ring (bicyclic) bond motifs is 2. The Kier molecular flexibility index (Phi) is 6.15. The third-order valence-electron chi connectivity index (χ3n) is 6.91. The first-order valence-corrected chi connectivity index (χ1v) is 12.1. The van der Waals surface area contributed by atoms with Crippen LogP contribution in [-0.4, -0.2) is 50.8 Å². The molecule has 0 radical (unpaired) electrons. The Bertz CT molecular complexity index is 1540. The number of benzene rings is 2. The van der Waals surface area contributed by atoms with E-state index in [1.165, 1.54) is 6.07 Å². The third-order valence-corrected chi connectivity index (χ3v) is 6.91. The van der Waals surface area contributed by atoms with Crippen molar-refractivity contribution in [2.24, 2.45) is 0 Å². The highest BCUT2D eigenvalue weighted by Gasteiger charge is 2.36. The van der Waals surface area contributed by atoms with Gasteiger partial charge in [0, 0.05) is 47.0 Å². The van der Waals surface area contributed by atoms with Crippen molar-refractivity contribution < 1.29 is 14.5 Å². The zero-order valence-corrected chi connectivity index (χ0v) is 20.2. The fraction of sp³-hybridized carbons (Fsp3) is 0.259. The minimum absolute atomic E-state index is 0.0945.